The minimum absolute atomic E-state index is 0.843. The Bertz CT molecular complexity index is 373. The van der Waals surface area contributed by atoms with Crippen LogP contribution in [0.3, 0.4) is 0 Å². The zero-order valence-electron chi connectivity index (χ0n) is 13.5. The van der Waals surface area contributed by atoms with Gasteiger partial charge in [0.15, 0.2) is 0 Å². The molecular weight excluding hydrogens is 240 g/mol. The zero-order chi connectivity index (χ0) is 14.2. The van der Waals surface area contributed by atoms with E-state index in [9.17, 15) is 0 Å². The quantitative estimate of drug-likeness (QED) is 0.556. The van der Waals surface area contributed by atoms with Crippen molar-refractivity contribution >= 4 is 0 Å². The lowest BCUT2D eigenvalue weighted by Crippen LogP contribution is -2.09. The van der Waals surface area contributed by atoms with Crippen LogP contribution < -0.4 is 0 Å². The Morgan fingerprint density at radius 2 is 1.75 bits per heavy atom. The van der Waals surface area contributed by atoms with Gasteiger partial charge in [0, 0.05) is 0 Å². The fourth-order valence-corrected chi connectivity index (χ4v) is 3.74. The van der Waals surface area contributed by atoms with Crippen molar-refractivity contribution in [1.82, 2.24) is 0 Å². The van der Waals surface area contributed by atoms with Crippen LogP contribution in [0.1, 0.15) is 76.3 Å². The molecule has 1 aromatic carbocycles. The normalized spacial score (nSPS) is 18.1. The molecule has 0 heterocycles. The van der Waals surface area contributed by atoms with Crippen molar-refractivity contribution in [2.75, 3.05) is 0 Å². The molecule has 0 aromatic heterocycles. The molecule has 0 radical (unpaired) electrons. The first kappa shape index (κ1) is 15.6. The van der Waals surface area contributed by atoms with Gasteiger partial charge in [0.25, 0.3) is 0 Å². The van der Waals surface area contributed by atoms with Crippen LogP contribution in [0.2, 0.25) is 0 Å². The molecule has 1 aromatic rings. The summed E-state index contributed by atoms with van der Waals surface area (Å²) >= 11 is 0. The summed E-state index contributed by atoms with van der Waals surface area (Å²) in [4.78, 5) is 0. The van der Waals surface area contributed by atoms with Crippen molar-refractivity contribution in [3.05, 3.63) is 35.4 Å². The van der Waals surface area contributed by atoms with Gasteiger partial charge in [-0.15, -0.1) is 0 Å². The third kappa shape index (κ3) is 4.96. The molecule has 0 nitrogen and oxygen atoms in total. The Morgan fingerprint density at radius 3 is 2.45 bits per heavy atom. The minimum atomic E-state index is 0.843. The van der Waals surface area contributed by atoms with Crippen LogP contribution in [-0.4, -0.2) is 0 Å². The van der Waals surface area contributed by atoms with Gasteiger partial charge in [0.2, 0.25) is 0 Å². The van der Waals surface area contributed by atoms with E-state index >= 15 is 0 Å². The molecule has 0 N–H and O–H groups in total. The SMILES string of the molecule is CCCc1ccccc1CC(C)CCC1CCCCC1. The van der Waals surface area contributed by atoms with E-state index in [1.54, 1.807) is 11.1 Å². The van der Waals surface area contributed by atoms with Crippen LogP contribution in [-0.2, 0) is 12.8 Å². The largest absolute Gasteiger partial charge is 0.0651 e. The zero-order valence-corrected chi connectivity index (χ0v) is 13.5. The molecular formula is C20H32. The predicted octanol–water partition coefficient (Wildman–Crippen LogP) is 6.18. The lowest BCUT2D eigenvalue weighted by Gasteiger charge is -2.23. The Labute approximate surface area is 126 Å². The maximum atomic E-state index is 2.45. The molecule has 1 fully saturated rings. The molecule has 0 amide bonds. The van der Waals surface area contributed by atoms with Crippen molar-refractivity contribution in [3.63, 3.8) is 0 Å². The monoisotopic (exact) mass is 272 g/mol. The smallest absolute Gasteiger partial charge is 0.0250 e. The molecule has 20 heavy (non-hydrogen) atoms. The highest BCUT2D eigenvalue weighted by Gasteiger charge is 2.15. The van der Waals surface area contributed by atoms with Crippen LogP contribution in [0.15, 0.2) is 24.3 Å². The van der Waals surface area contributed by atoms with Gasteiger partial charge in [-0.2, -0.15) is 0 Å². The van der Waals surface area contributed by atoms with Crippen LogP contribution >= 0.6 is 0 Å². The predicted molar refractivity (Wildman–Crippen MR) is 89.1 cm³/mol. The van der Waals surface area contributed by atoms with Crippen LogP contribution in [0.4, 0.5) is 0 Å². The van der Waals surface area contributed by atoms with Crippen molar-refractivity contribution in [2.45, 2.75) is 78.1 Å². The molecule has 112 valence electrons. The third-order valence-corrected chi connectivity index (χ3v) is 5.00. The maximum absolute atomic E-state index is 2.45. The summed E-state index contributed by atoms with van der Waals surface area (Å²) in [5.74, 6) is 1.88. The molecule has 1 atom stereocenters. The molecule has 1 aliphatic rings. The highest BCUT2D eigenvalue weighted by Crippen LogP contribution is 2.29. The molecule has 0 aliphatic heterocycles. The molecule has 0 spiro atoms. The van der Waals surface area contributed by atoms with Crippen LogP contribution in [0.25, 0.3) is 0 Å². The van der Waals surface area contributed by atoms with Gasteiger partial charge < -0.3 is 0 Å². The summed E-state index contributed by atoms with van der Waals surface area (Å²) < 4.78 is 0. The van der Waals surface area contributed by atoms with E-state index in [1.807, 2.05) is 0 Å². The minimum Gasteiger partial charge on any atom is -0.0651 e. The van der Waals surface area contributed by atoms with Crippen molar-refractivity contribution in [2.24, 2.45) is 11.8 Å². The van der Waals surface area contributed by atoms with Gasteiger partial charge in [-0.3, -0.25) is 0 Å². The van der Waals surface area contributed by atoms with E-state index in [0.29, 0.717) is 0 Å². The molecule has 0 bridgehead atoms. The van der Waals surface area contributed by atoms with Crippen molar-refractivity contribution in [3.8, 4) is 0 Å². The molecule has 1 saturated carbocycles. The van der Waals surface area contributed by atoms with Gasteiger partial charge in [0.05, 0.1) is 0 Å². The summed E-state index contributed by atoms with van der Waals surface area (Å²) in [7, 11) is 0. The van der Waals surface area contributed by atoms with Crippen molar-refractivity contribution in [1.29, 1.82) is 0 Å². The number of aryl methyl sites for hydroxylation is 1. The Hall–Kier alpha value is -0.780. The first-order valence-corrected chi connectivity index (χ1v) is 8.86. The Kier molecular flexibility index (Phi) is 6.63. The lowest BCUT2D eigenvalue weighted by atomic mass is 9.83. The van der Waals surface area contributed by atoms with Crippen LogP contribution in [0.5, 0.6) is 0 Å². The number of hydrogen-bond donors (Lipinski definition) is 0. The van der Waals surface area contributed by atoms with E-state index < -0.39 is 0 Å². The third-order valence-electron chi connectivity index (χ3n) is 5.00. The molecule has 2 rings (SSSR count). The average molecular weight is 272 g/mol. The summed E-state index contributed by atoms with van der Waals surface area (Å²) in [6, 6.07) is 9.08. The second kappa shape index (κ2) is 8.49. The second-order valence-corrected chi connectivity index (χ2v) is 6.91. The number of rotatable bonds is 7. The van der Waals surface area contributed by atoms with E-state index in [4.69, 9.17) is 0 Å². The van der Waals surface area contributed by atoms with Gasteiger partial charge in [-0.1, -0.05) is 89.5 Å². The average Bonchev–Trinajstić information content (AvgIpc) is 2.49. The van der Waals surface area contributed by atoms with Crippen LogP contribution in [0, 0.1) is 11.8 Å². The first-order valence-electron chi connectivity index (χ1n) is 8.86. The fourth-order valence-electron chi connectivity index (χ4n) is 3.74. The first-order chi connectivity index (χ1) is 9.79. The van der Waals surface area contributed by atoms with E-state index in [2.05, 4.69) is 38.1 Å². The topological polar surface area (TPSA) is 0 Å². The number of benzene rings is 1. The summed E-state index contributed by atoms with van der Waals surface area (Å²) in [5.41, 5.74) is 3.19. The van der Waals surface area contributed by atoms with Crippen molar-refractivity contribution < 1.29 is 0 Å². The summed E-state index contributed by atoms with van der Waals surface area (Å²) in [6.07, 6.45) is 14.1. The standard InChI is InChI=1S/C20H32/c1-3-9-19-12-7-8-13-20(19)16-17(2)14-15-18-10-5-4-6-11-18/h7-8,12-13,17-18H,3-6,9-11,14-16H2,1-2H3. The maximum Gasteiger partial charge on any atom is -0.0250 e. The highest BCUT2D eigenvalue weighted by molar-refractivity contribution is 5.27. The van der Waals surface area contributed by atoms with E-state index in [0.717, 1.165) is 11.8 Å². The highest BCUT2D eigenvalue weighted by atomic mass is 14.2. The number of hydrogen-bond acceptors (Lipinski definition) is 0. The molecule has 1 unspecified atom stereocenters. The molecule has 1 aliphatic carbocycles. The van der Waals surface area contributed by atoms with Gasteiger partial charge >= 0.3 is 0 Å². The Balaban J connectivity index is 1.79. The summed E-state index contributed by atoms with van der Waals surface area (Å²) in [5, 5.41) is 0. The molecule has 0 heteroatoms. The summed E-state index contributed by atoms with van der Waals surface area (Å²) in [6.45, 7) is 4.73. The fraction of sp³-hybridized carbons (Fsp3) is 0.700. The van der Waals surface area contributed by atoms with Gasteiger partial charge in [-0.05, 0) is 35.8 Å². The molecule has 0 saturated heterocycles. The van der Waals surface area contributed by atoms with Gasteiger partial charge in [-0.25, -0.2) is 0 Å². The lowest BCUT2D eigenvalue weighted by molar-refractivity contribution is 0.312. The Morgan fingerprint density at radius 1 is 1.05 bits per heavy atom. The van der Waals surface area contributed by atoms with Gasteiger partial charge in [0.1, 0.15) is 0 Å². The van der Waals surface area contributed by atoms with E-state index in [-0.39, 0.29) is 0 Å². The second-order valence-electron chi connectivity index (χ2n) is 6.91. The van der Waals surface area contributed by atoms with E-state index in [1.165, 1.54) is 64.2 Å².